The van der Waals surface area contributed by atoms with Crippen molar-refractivity contribution in [2.45, 2.75) is 37.2 Å². The van der Waals surface area contributed by atoms with Crippen molar-refractivity contribution in [3.63, 3.8) is 0 Å². The molecule has 0 aliphatic carbocycles. The Labute approximate surface area is 160 Å². The number of carbonyl (C=O) groups is 1. The van der Waals surface area contributed by atoms with E-state index in [-0.39, 0.29) is 0 Å². The fourth-order valence-electron chi connectivity index (χ4n) is 3.22. The van der Waals surface area contributed by atoms with E-state index in [0.717, 1.165) is 30.4 Å². The van der Waals surface area contributed by atoms with E-state index < -0.39 is 15.9 Å². The molecule has 1 aliphatic heterocycles. The van der Waals surface area contributed by atoms with Gasteiger partial charge in [-0.1, -0.05) is 30.7 Å². The minimum atomic E-state index is -3.39. The van der Waals surface area contributed by atoms with Crippen LogP contribution in [0.5, 0.6) is 0 Å². The lowest BCUT2D eigenvalue weighted by atomic mass is 10.1. The van der Waals surface area contributed by atoms with Gasteiger partial charge in [0.1, 0.15) is 0 Å². The van der Waals surface area contributed by atoms with Crippen molar-refractivity contribution in [1.29, 1.82) is 0 Å². The van der Waals surface area contributed by atoms with Gasteiger partial charge in [0.2, 0.25) is 15.9 Å². The smallest absolute Gasteiger partial charge is 0.248 e. The topological polar surface area (TPSA) is 92.5 Å². The number of rotatable bonds is 7. The van der Waals surface area contributed by atoms with E-state index in [4.69, 9.17) is 5.73 Å². The summed E-state index contributed by atoms with van der Waals surface area (Å²) in [5.74, 6) is -0.442. The SMILES string of the molecule is NC(=O)c1cccc(CNCc2ccc(S(=O)(=O)N3CCCCC3)cc2)c1. The molecule has 1 saturated heterocycles. The standard InChI is InChI=1S/C20H25N3O3S/c21-20(24)18-6-4-5-17(13-18)15-22-14-16-7-9-19(10-8-16)27(25,26)23-11-2-1-3-12-23/h4-10,13,22H,1-3,11-12,14-15H2,(H2,21,24). The van der Waals surface area contributed by atoms with Crippen LogP contribution in [0.2, 0.25) is 0 Å². The molecule has 0 aromatic heterocycles. The van der Waals surface area contributed by atoms with Gasteiger partial charge in [-0.25, -0.2) is 8.42 Å². The van der Waals surface area contributed by atoms with Crippen molar-refractivity contribution in [2.24, 2.45) is 5.73 Å². The summed E-state index contributed by atoms with van der Waals surface area (Å²) in [6.07, 6.45) is 2.95. The highest BCUT2D eigenvalue weighted by Gasteiger charge is 2.25. The molecule has 0 bridgehead atoms. The summed E-state index contributed by atoms with van der Waals surface area (Å²) in [5, 5.41) is 3.29. The Bertz CT molecular complexity index is 889. The molecule has 1 heterocycles. The first-order chi connectivity index (χ1) is 13.0. The Kier molecular flexibility index (Phi) is 6.26. The van der Waals surface area contributed by atoms with Crippen LogP contribution < -0.4 is 11.1 Å². The minimum absolute atomic E-state index is 0.349. The lowest BCUT2D eigenvalue weighted by Gasteiger charge is -2.25. The molecule has 0 saturated carbocycles. The van der Waals surface area contributed by atoms with E-state index in [1.165, 1.54) is 0 Å². The van der Waals surface area contributed by atoms with Gasteiger partial charge in [-0.05, 0) is 48.2 Å². The van der Waals surface area contributed by atoms with Gasteiger partial charge >= 0.3 is 0 Å². The largest absolute Gasteiger partial charge is 0.366 e. The van der Waals surface area contributed by atoms with E-state index in [0.29, 0.717) is 36.6 Å². The number of piperidine rings is 1. The second-order valence-electron chi connectivity index (χ2n) is 6.78. The van der Waals surface area contributed by atoms with Gasteiger partial charge in [-0.2, -0.15) is 4.31 Å². The van der Waals surface area contributed by atoms with Crippen molar-refractivity contribution in [2.75, 3.05) is 13.1 Å². The summed E-state index contributed by atoms with van der Waals surface area (Å²) in [6.45, 7) is 2.41. The number of primary amides is 1. The second kappa shape index (κ2) is 8.65. The van der Waals surface area contributed by atoms with Crippen molar-refractivity contribution >= 4 is 15.9 Å². The third-order valence-corrected chi connectivity index (χ3v) is 6.66. The molecule has 144 valence electrons. The first-order valence-corrected chi connectivity index (χ1v) is 10.6. The predicted molar refractivity (Wildman–Crippen MR) is 105 cm³/mol. The molecule has 0 spiro atoms. The number of sulfonamides is 1. The van der Waals surface area contributed by atoms with Crippen LogP contribution in [-0.2, 0) is 23.1 Å². The fraction of sp³-hybridized carbons (Fsp3) is 0.350. The van der Waals surface area contributed by atoms with Gasteiger partial charge in [-0.3, -0.25) is 4.79 Å². The molecule has 0 radical (unpaired) electrons. The molecule has 0 unspecified atom stereocenters. The van der Waals surface area contributed by atoms with E-state index in [1.54, 1.807) is 34.6 Å². The molecule has 27 heavy (non-hydrogen) atoms. The van der Waals surface area contributed by atoms with Crippen molar-refractivity contribution in [1.82, 2.24) is 9.62 Å². The monoisotopic (exact) mass is 387 g/mol. The van der Waals surface area contributed by atoms with E-state index >= 15 is 0 Å². The van der Waals surface area contributed by atoms with Crippen LogP contribution in [0.25, 0.3) is 0 Å². The van der Waals surface area contributed by atoms with Crippen molar-refractivity contribution < 1.29 is 13.2 Å². The van der Waals surface area contributed by atoms with Gasteiger partial charge in [0.05, 0.1) is 4.90 Å². The highest BCUT2D eigenvalue weighted by molar-refractivity contribution is 7.89. The number of benzene rings is 2. The quantitative estimate of drug-likeness (QED) is 0.762. The lowest BCUT2D eigenvalue weighted by molar-refractivity contribution is 0.1000. The zero-order valence-corrected chi connectivity index (χ0v) is 16.0. The molecule has 1 fully saturated rings. The highest BCUT2D eigenvalue weighted by atomic mass is 32.2. The zero-order chi connectivity index (χ0) is 19.3. The van der Waals surface area contributed by atoms with Crippen LogP contribution in [0, 0.1) is 0 Å². The van der Waals surface area contributed by atoms with Gasteiger partial charge in [0.25, 0.3) is 0 Å². The maximum Gasteiger partial charge on any atom is 0.248 e. The lowest BCUT2D eigenvalue weighted by Crippen LogP contribution is -2.35. The number of hydrogen-bond donors (Lipinski definition) is 2. The van der Waals surface area contributed by atoms with Crippen LogP contribution in [0.4, 0.5) is 0 Å². The fourth-order valence-corrected chi connectivity index (χ4v) is 4.74. The molecule has 2 aromatic carbocycles. The molecule has 2 aromatic rings. The van der Waals surface area contributed by atoms with Gasteiger partial charge in [-0.15, -0.1) is 0 Å². The summed E-state index contributed by atoms with van der Waals surface area (Å²) < 4.78 is 26.9. The zero-order valence-electron chi connectivity index (χ0n) is 15.2. The van der Waals surface area contributed by atoms with Crippen LogP contribution in [0.3, 0.4) is 0 Å². The summed E-state index contributed by atoms with van der Waals surface area (Å²) in [4.78, 5) is 11.6. The van der Waals surface area contributed by atoms with E-state index in [1.807, 2.05) is 18.2 Å². The molecule has 6 nitrogen and oxygen atoms in total. The predicted octanol–water partition coefficient (Wildman–Crippen LogP) is 2.25. The molecule has 1 amide bonds. The Morgan fingerprint density at radius 1 is 0.963 bits per heavy atom. The van der Waals surface area contributed by atoms with Crippen molar-refractivity contribution in [3.8, 4) is 0 Å². The summed E-state index contributed by atoms with van der Waals surface area (Å²) in [5.41, 5.74) is 7.75. The number of carbonyl (C=O) groups excluding carboxylic acids is 1. The van der Waals surface area contributed by atoms with Gasteiger partial charge in [0, 0.05) is 31.7 Å². The Balaban J connectivity index is 1.58. The van der Waals surface area contributed by atoms with Crippen LogP contribution in [0.15, 0.2) is 53.4 Å². The van der Waals surface area contributed by atoms with E-state index in [2.05, 4.69) is 5.32 Å². The molecular weight excluding hydrogens is 362 g/mol. The average molecular weight is 388 g/mol. The summed E-state index contributed by atoms with van der Waals surface area (Å²) >= 11 is 0. The average Bonchev–Trinajstić information content (AvgIpc) is 2.69. The minimum Gasteiger partial charge on any atom is -0.366 e. The molecule has 3 rings (SSSR count). The maximum absolute atomic E-state index is 12.7. The van der Waals surface area contributed by atoms with Crippen LogP contribution >= 0.6 is 0 Å². The second-order valence-corrected chi connectivity index (χ2v) is 8.71. The van der Waals surface area contributed by atoms with Crippen LogP contribution in [-0.4, -0.2) is 31.7 Å². The van der Waals surface area contributed by atoms with Crippen LogP contribution in [0.1, 0.15) is 40.7 Å². The highest BCUT2D eigenvalue weighted by Crippen LogP contribution is 2.20. The van der Waals surface area contributed by atoms with Gasteiger partial charge in [0.15, 0.2) is 0 Å². The Morgan fingerprint density at radius 2 is 1.63 bits per heavy atom. The Hall–Kier alpha value is -2.22. The summed E-state index contributed by atoms with van der Waals surface area (Å²) in [7, 11) is -3.39. The number of nitrogens with one attached hydrogen (secondary N) is 1. The molecule has 1 aliphatic rings. The number of nitrogens with zero attached hydrogens (tertiary/aromatic N) is 1. The molecule has 7 heteroatoms. The summed E-state index contributed by atoms with van der Waals surface area (Å²) in [6, 6.07) is 14.2. The first kappa shape index (κ1) is 19.5. The molecule has 3 N–H and O–H groups in total. The number of amides is 1. The third kappa shape index (κ3) is 4.94. The Morgan fingerprint density at radius 3 is 2.30 bits per heavy atom. The van der Waals surface area contributed by atoms with E-state index in [9.17, 15) is 13.2 Å². The molecular formula is C20H25N3O3S. The van der Waals surface area contributed by atoms with Crippen molar-refractivity contribution in [3.05, 3.63) is 65.2 Å². The molecule has 0 atom stereocenters. The number of nitrogens with two attached hydrogens (primary N) is 1. The maximum atomic E-state index is 12.7. The normalized spacial score (nSPS) is 15.6. The number of hydrogen-bond acceptors (Lipinski definition) is 4. The first-order valence-electron chi connectivity index (χ1n) is 9.15. The van der Waals surface area contributed by atoms with Gasteiger partial charge < -0.3 is 11.1 Å². The third-order valence-electron chi connectivity index (χ3n) is 4.75.